The fourth-order valence-electron chi connectivity index (χ4n) is 1.00. The molecule has 0 spiro atoms. The van der Waals surface area contributed by atoms with Crippen LogP contribution in [0.25, 0.3) is 0 Å². The molecule has 2 N–H and O–H groups in total. The van der Waals surface area contributed by atoms with E-state index in [0.29, 0.717) is 0 Å². The maximum absolute atomic E-state index is 11.1. The molecule has 0 aliphatic rings. The second-order valence-electron chi connectivity index (χ2n) is 2.53. The van der Waals surface area contributed by atoms with Crippen molar-refractivity contribution < 1.29 is 10.1 Å². The Bertz CT molecular complexity index is 109. The van der Waals surface area contributed by atoms with E-state index >= 15 is 0 Å². The number of carbonyl (C=O) groups is 1. The maximum Gasteiger partial charge on any atom is 0.389 e. The lowest BCUT2D eigenvalue weighted by molar-refractivity contribution is -0.498. The van der Waals surface area contributed by atoms with Gasteiger partial charge in [0.25, 0.3) is 0 Å². The number of urea groups is 1. The van der Waals surface area contributed by atoms with Gasteiger partial charge in [0.1, 0.15) is 0 Å². The van der Waals surface area contributed by atoms with Crippen LogP contribution in [0, 0.1) is 7.05 Å². The van der Waals surface area contributed by atoms with E-state index in [9.17, 15) is 4.79 Å². The minimum atomic E-state index is 0.0497. The molecule has 2 amide bonds. The van der Waals surface area contributed by atoms with E-state index in [1.54, 1.807) is 0 Å². The normalized spacial score (nSPS) is 9.73. The van der Waals surface area contributed by atoms with Crippen molar-refractivity contribution in [2.75, 3.05) is 13.1 Å². The monoisotopic (exact) mass is 158 g/mol. The summed E-state index contributed by atoms with van der Waals surface area (Å²) in [7, 11) is 3.45. The van der Waals surface area contributed by atoms with E-state index in [0.717, 1.165) is 25.9 Å². The number of carbonyl (C=O) groups excluding carboxylic acids is 1. The molecule has 0 unspecified atom stereocenters. The zero-order valence-electron chi connectivity index (χ0n) is 7.47. The molecule has 0 aromatic rings. The van der Waals surface area contributed by atoms with Crippen LogP contribution in [0.4, 0.5) is 4.79 Å². The number of primary amides is 1. The molecule has 3 heteroatoms. The molecular formula is C8H18N2O. The summed E-state index contributed by atoms with van der Waals surface area (Å²) in [5.41, 5.74) is 0. The summed E-state index contributed by atoms with van der Waals surface area (Å²) in [4.78, 5) is 12.9. The molecule has 0 aliphatic carbocycles. The Morgan fingerprint density at radius 3 is 2.09 bits per heavy atom. The summed E-state index contributed by atoms with van der Waals surface area (Å²) >= 11 is 0. The van der Waals surface area contributed by atoms with Gasteiger partial charge in [-0.2, -0.15) is 0 Å². The Labute approximate surface area is 68.8 Å². The number of hydrogen-bond donors (Lipinski definition) is 1. The Balaban J connectivity index is 3.76. The highest BCUT2D eigenvalue weighted by atomic mass is 16.2. The predicted octanol–water partition coefficient (Wildman–Crippen LogP) is 0.583. The molecular weight excluding hydrogens is 140 g/mol. The van der Waals surface area contributed by atoms with Crippen molar-refractivity contribution in [2.45, 2.75) is 26.7 Å². The highest BCUT2D eigenvalue weighted by Crippen LogP contribution is 1.91. The average Bonchev–Trinajstić information content (AvgIpc) is 2.03. The Kier molecular flexibility index (Phi) is 5.84. The summed E-state index contributed by atoms with van der Waals surface area (Å²) in [5, 5.41) is 1.38. The van der Waals surface area contributed by atoms with Crippen molar-refractivity contribution in [1.82, 2.24) is 4.90 Å². The minimum absolute atomic E-state index is 0.0497. The van der Waals surface area contributed by atoms with Crippen LogP contribution in [-0.4, -0.2) is 24.0 Å². The zero-order chi connectivity index (χ0) is 8.69. The molecule has 0 aliphatic heterocycles. The predicted molar refractivity (Wildman–Crippen MR) is 44.8 cm³/mol. The highest BCUT2D eigenvalue weighted by molar-refractivity contribution is 5.63. The van der Waals surface area contributed by atoms with Crippen LogP contribution in [0.5, 0.6) is 0 Å². The number of hydrogen-bond acceptors (Lipinski definition) is 1. The van der Waals surface area contributed by atoms with Gasteiger partial charge in [-0.1, -0.05) is 13.8 Å². The molecule has 0 saturated heterocycles. The van der Waals surface area contributed by atoms with Crippen LogP contribution < -0.4 is 5.32 Å². The molecule has 0 fully saturated rings. The number of nitrogens with two attached hydrogens (primary N) is 1. The standard InChI is InChI=1S/C8H18N2O/c1-4-6-10(7-5-2)8(11)9-3/h3-7,9H2,1-2H3. The van der Waals surface area contributed by atoms with E-state index in [1.165, 1.54) is 5.32 Å². The van der Waals surface area contributed by atoms with Crippen LogP contribution in [-0.2, 0) is 0 Å². The van der Waals surface area contributed by atoms with Crippen molar-refractivity contribution in [3.8, 4) is 0 Å². The van der Waals surface area contributed by atoms with Crippen molar-refractivity contribution in [2.24, 2.45) is 0 Å². The van der Waals surface area contributed by atoms with Crippen LogP contribution in [0.1, 0.15) is 26.7 Å². The molecule has 66 valence electrons. The Morgan fingerprint density at radius 1 is 1.36 bits per heavy atom. The third-order valence-corrected chi connectivity index (χ3v) is 1.47. The Hall–Kier alpha value is -0.570. The lowest BCUT2D eigenvalue weighted by atomic mass is 10.4. The van der Waals surface area contributed by atoms with Crippen LogP contribution in [0.3, 0.4) is 0 Å². The van der Waals surface area contributed by atoms with Crippen LogP contribution in [0.15, 0.2) is 0 Å². The van der Waals surface area contributed by atoms with Gasteiger partial charge in [0.2, 0.25) is 0 Å². The third-order valence-electron chi connectivity index (χ3n) is 1.47. The van der Waals surface area contributed by atoms with E-state index < -0.39 is 0 Å². The topological polar surface area (TPSA) is 36.9 Å². The number of quaternary nitrogens is 1. The lowest BCUT2D eigenvalue weighted by Crippen LogP contribution is -2.84. The fraction of sp³-hybridized carbons (Fsp3) is 0.750. The van der Waals surface area contributed by atoms with E-state index in [2.05, 4.69) is 20.9 Å². The molecule has 3 nitrogen and oxygen atoms in total. The first-order valence-electron chi connectivity index (χ1n) is 4.17. The van der Waals surface area contributed by atoms with Gasteiger partial charge < -0.3 is 5.32 Å². The van der Waals surface area contributed by atoms with Gasteiger partial charge >= 0.3 is 6.03 Å². The molecule has 0 aromatic heterocycles. The van der Waals surface area contributed by atoms with Gasteiger partial charge in [-0.05, 0) is 12.8 Å². The second-order valence-corrected chi connectivity index (χ2v) is 2.53. The quantitative estimate of drug-likeness (QED) is 0.597. The van der Waals surface area contributed by atoms with E-state index in [1.807, 2.05) is 4.90 Å². The summed E-state index contributed by atoms with van der Waals surface area (Å²) in [6.07, 6.45) is 2.03. The number of amides is 2. The van der Waals surface area contributed by atoms with Gasteiger partial charge in [-0.3, -0.25) is 4.90 Å². The molecule has 0 saturated carbocycles. The SMILES string of the molecule is [CH2-][NH2+]C(=O)N(CCC)CCC. The maximum atomic E-state index is 11.1. The molecule has 0 heterocycles. The Morgan fingerprint density at radius 2 is 1.82 bits per heavy atom. The van der Waals surface area contributed by atoms with E-state index in [-0.39, 0.29) is 6.03 Å². The van der Waals surface area contributed by atoms with Crippen molar-refractivity contribution in [3.05, 3.63) is 7.05 Å². The molecule has 11 heavy (non-hydrogen) atoms. The minimum Gasteiger partial charge on any atom is -0.395 e. The lowest BCUT2D eigenvalue weighted by Gasteiger charge is -2.18. The summed E-state index contributed by atoms with van der Waals surface area (Å²) in [6, 6.07) is 0.0497. The first-order valence-corrected chi connectivity index (χ1v) is 4.17. The highest BCUT2D eigenvalue weighted by Gasteiger charge is 2.09. The molecule has 0 radical (unpaired) electrons. The number of rotatable bonds is 4. The first kappa shape index (κ1) is 10.4. The smallest absolute Gasteiger partial charge is 0.389 e. The molecule has 0 rings (SSSR count). The average molecular weight is 158 g/mol. The molecule has 0 bridgehead atoms. The zero-order valence-corrected chi connectivity index (χ0v) is 7.47. The second kappa shape index (κ2) is 6.16. The van der Waals surface area contributed by atoms with Gasteiger partial charge in [0.15, 0.2) is 0 Å². The summed E-state index contributed by atoms with van der Waals surface area (Å²) in [5.74, 6) is 0. The summed E-state index contributed by atoms with van der Waals surface area (Å²) < 4.78 is 0. The van der Waals surface area contributed by atoms with Gasteiger partial charge in [-0.25, -0.2) is 4.79 Å². The fourth-order valence-corrected chi connectivity index (χ4v) is 1.00. The van der Waals surface area contributed by atoms with Gasteiger partial charge in [0.05, 0.1) is 0 Å². The molecule has 0 atom stereocenters. The van der Waals surface area contributed by atoms with Crippen molar-refractivity contribution in [3.63, 3.8) is 0 Å². The van der Waals surface area contributed by atoms with Crippen LogP contribution in [0.2, 0.25) is 0 Å². The van der Waals surface area contributed by atoms with Crippen LogP contribution >= 0.6 is 0 Å². The van der Waals surface area contributed by atoms with E-state index in [4.69, 9.17) is 0 Å². The van der Waals surface area contributed by atoms with Crippen molar-refractivity contribution in [1.29, 1.82) is 0 Å². The first-order chi connectivity index (χ1) is 5.26. The summed E-state index contributed by atoms with van der Waals surface area (Å²) in [6.45, 7) is 5.83. The van der Waals surface area contributed by atoms with Gasteiger partial charge in [0, 0.05) is 13.1 Å². The third kappa shape index (κ3) is 3.98. The number of nitrogens with zero attached hydrogens (tertiary/aromatic N) is 1. The van der Waals surface area contributed by atoms with Gasteiger partial charge in [-0.15, -0.1) is 7.05 Å². The van der Waals surface area contributed by atoms with Crippen molar-refractivity contribution >= 4 is 6.03 Å². The largest absolute Gasteiger partial charge is 0.395 e. The molecule has 0 aromatic carbocycles.